The minimum Gasteiger partial charge on any atom is -0.481 e. The van der Waals surface area contributed by atoms with Crippen molar-refractivity contribution < 1.29 is 9.90 Å². The van der Waals surface area contributed by atoms with Crippen LogP contribution in [-0.2, 0) is 25.3 Å². The first-order chi connectivity index (χ1) is 9.91. The molecule has 0 aliphatic carbocycles. The van der Waals surface area contributed by atoms with Gasteiger partial charge in [-0.25, -0.2) is 9.79 Å². The first-order valence-electron chi connectivity index (χ1n) is 6.96. The minimum atomic E-state index is -0.805. The number of aromatic nitrogens is 2. The molecule has 2 heterocycles. The van der Waals surface area contributed by atoms with Gasteiger partial charge in [0.2, 0.25) is 0 Å². The van der Waals surface area contributed by atoms with Crippen molar-refractivity contribution in [1.82, 2.24) is 9.13 Å². The van der Waals surface area contributed by atoms with Crippen molar-refractivity contribution >= 4 is 18.0 Å². The molecular weight excluding hydrogens is 274 g/mol. The third-order valence-electron chi connectivity index (χ3n) is 3.86. The summed E-state index contributed by atoms with van der Waals surface area (Å²) in [6.45, 7) is 0. The number of hydrogen-bond acceptors (Lipinski definition) is 4. The van der Waals surface area contributed by atoms with Crippen LogP contribution in [-0.4, -0.2) is 26.4 Å². The molecule has 1 atom stereocenters. The fraction of sp³-hybridized carbons (Fsp3) is 0.571. The van der Waals surface area contributed by atoms with E-state index in [1.54, 1.807) is 13.3 Å². The van der Waals surface area contributed by atoms with E-state index in [9.17, 15) is 14.4 Å². The summed E-state index contributed by atoms with van der Waals surface area (Å²) >= 11 is 0. The van der Waals surface area contributed by atoms with Crippen LogP contribution < -0.4 is 11.2 Å². The Morgan fingerprint density at radius 2 is 2.10 bits per heavy atom. The summed E-state index contributed by atoms with van der Waals surface area (Å²) in [6.07, 6.45) is 4.47. The zero-order valence-electron chi connectivity index (χ0n) is 12.2. The highest BCUT2D eigenvalue weighted by Gasteiger charge is 2.19. The Balaban J connectivity index is 2.24. The summed E-state index contributed by atoms with van der Waals surface area (Å²) in [5.41, 5.74) is -0.131. The molecule has 0 spiro atoms. The van der Waals surface area contributed by atoms with Gasteiger partial charge in [-0.1, -0.05) is 0 Å². The Kier molecular flexibility index (Phi) is 4.40. The molecule has 0 saturated heterocycles. The molecule has 7 heteroatoms. The van der Waals surface area contributed by atoms with Gasteiger partial charge in [0.25, 0.3) is 5.56 Å². The first-order valence-corrected chi connectivity index (χ1v) is 6.96. The molecule has 2 rings (SSSR count). The highest BCUT2D eigenvalue weighted by atomic mass is 16.4. The second-order valence-corrected chi connectivity index (χ2v) is 5.37. The largest absolute Gasteiger partial charge is 0.481 e. The molecule has 1 aliphatic heterocycles. The molecule has 1 aromatic heterocycles. The third-order valence-corrected chi connectivity index (χ3v) is 3.86. The lowest BCUT2D eigenvalue weighted by Crippen LogP contribution is -2.38. The van der Waals surface area contributed by atoms with Crippen LogP contribution in [0.3, 0.4) is 0 Å². The van der Waals surface area contributed by atoms with Crippen molar-refractivity contribution in [3.8, 4) is 0 Å². The standard InChI is InChI=1S/C14H19N3O4/c1-16-12-10(13(20)17(2)14(16)21)7-6-9(8-15-12)4-3-5-11(18)19/h8-9H,3-7H2,1-2H3,(H,18,19). The van der Waals surface area contributed by atoms with Crippen molar-refractivity contribution in [2.45, 2.75) is 32.1 Å². The number of rotatable bonds is 4. The fourth-order valence-electron chi connectivity index (χ4n) is 2.60. The Bertz CT molecular complexity index is 699. The Labute approximate surface area is 121 Å². The third kappa shape index (κ3) is 3.12. The molecule has 21 heavy (non-hydrogen) atoms. The van der Waals surface area contributed by atoms with Crippen LogP contribution in [0.15, 0.2) is 14.6 Å². The SMILES string of the molecule is Cn1c2c(c(=O)n(C)c1=O)CCC(CCCC(=O)O)C=N2. The second kappa shape index (κ2) is 6.07. The molecule has 0 fully saturated rings. The van der Waals surface area contributed by atoms with E-state index in [1.807, 2.05) is 0 Å². The van der Waals surface area contributed by atoms with Gasteiger partial charge in [0, 0.05) is 26.7 Å². The number of carboxylic acid groups (broad SMARTS) is 1. The number of nitrogens with zero attached hydrogens (tertiary/aromatic N) is 3. The maximum Gasteiger partial charge on any atom is 0.332 e. The smallest absolute Gasteiger partial charge is 0.332 e. The average molecular weight is 293 g/mol. The Morgan fingerprint density at radius 3 is 2.76 bits per heavy atom. The van der Waals surface area contributed by atoms with Gasteiger partial charge < -0.3 is 5.11 Å². The van der Waals surface area contributed by atoms with Crippen molar-refractivity contribution in [3.05, 3.63) is 26.4 Å². The van der Waals surface area contributed by atoms with E-state index in [0.717, 1.165) is 17.4 Å². The lowest BCUT2D eigenvalue weighted by molar-refractivity contribution is -0.137. The molecule has 1 aliphatic rings. The number of aliphatic imine (C=N–C) groups is 1. The molecular formula is C14H19N3O4. The van der Waals surface area contributed by atoms with E-state index in [2.05, 4.69) is 4.99 Å². The van der Waals surface area contributed by atoms with Crippen LogP contribution in [0.2, 0.25) is 0 Å². The highest BCUT2D eigenvalue weighted by molar-refractivity contribution is 5.68. The molecule has 7 nitrogen and oxygen atoms in total. The van der Waals surface area contributed by atoms with Gasteiger partial charge in [0.05, 0.1) is 5.56 Å². The van der Waals surface area contributed by atoms with Crippen molar-refractivity contribution in [1.29, 1.82) is 0 Å². The molecule has 1 aromatic rings. The normalized spacial score (nSPS) is 17.3. The molecule has 0 amide bonds. The number of carboxylic acids is 1. The summed E-state index contributed by atoms with van der Waals surface area (Å²) in [5.74, 6) is -0.250. The summed E-state index contributed by atoms with van der Waals surface area (Å²) in [5, 5.41) is 8.66. The van der Waals surface area contributed by atoms with Crippen LogP contribution in [0.1, 0.15) is 31.2 Å². The summed E-state index contributed by atoms with van der Waals surface area (Å²) in [7, 11) is 3.06. The molecule has 0 radical (unpaired) electrons. The maximum absolute atomic E-state index is 12.1. The number of hydrogen-bond donors (Lipinski definition) is 1. The Morgan fingerprint density at radius 1 is 1.38 bits per heavy atom. The maximum atomic E-state index is 12.1. The predicted molar refractivity (Wildman–Crippen MR) is 78.4 cm³/mol. The van der Waals surface area contributed by atoms with Crippen LogP contribution in [0.4, 0.5) is 5.82 Å². The Hall–Kier alpha value is -2.18. The van der Waals surface area contributed by atoms with Gasteiger partial charge in [-0.3, -0.25) is 18.7 Å². The van der Waals surface area contributed by atoms with Crippen molar-refractivity contribution in [2.75, 3.05) is 0 Å². The summed E-state index contributed by atoms with van der Waals surface area (Å²) in [6, 6.07) is 0. The molecule has 0 bridgehead atoms. The zero-order valence-corrected chi connectivity index (χ0v) is 12.2. The summed E-state index contributed by atoms with van der Waals surface area (Å²) in [4.78, 5) is 38.9. The van der Waals surface area contributed by atoms with Crippen molar-refractivity contribution in [2.24, 2.45) is 25.0 Å². The van der Waals surface area contributed by atoms with Crippen LogP contribution in [0, 0.1) is 5.92 Å². The topological polar surface area (TPSA) is 93.7 Å². The molecule has 0 aromatic carbocycles. The van der Waals surface area contributed by atoms with Gasteiger partial charge in [-0.15, -0.1) is 0 Å². The van der Waals surface area contributed by atoms with Crippen LogP contribution in [0.5, 0.6) is 0 Å². The van der Waals surface area contributed by atoms with E-state index in [4.69, 9.17) is 5.11 Å². The predicted octanol–water partition coefficient (Wildman–Crippen LogP) is 0.604. The number of fused-ring (bicyclic) bond motifs is 1. The molecule has 1 N–H and O–H groups in total. The number of aliphatic carboxylic acids is 1. The van der Waals surface area contributed by atoms with Gasteiger partial charge in [0.1, 0.15) is 5.82 Å². The monoisotopic (exact) mass is 293 g/mol. The zero-order chi connectivity index (χ0) is 15.6. The van der Waals surface area contributed by atoms with Crippen LogP contribution in [0.25, 0.3) is 0 Å². The van der Waals surface area contributed by atoms with Crippen molar-refractivity contribution in [3.63, 3.8) is 0 Å². The quantitative estimate of drug-likeness (QED) is 0.879. The van der Waals surface area contributed by atoms with Gasteiger partial charge in [-0.2, -0.15) is 0 Å². The minimum absolute atomic E-state index is 0.136. The lowest BCUT2D eigenvalue weighted by atomic mass is 9.97. The number of carbonyl (C=O) groups is 1. The highest BCUT2D eigenvalue weighted by Crippen LogP contribution is 2.23. The average Bonchev–Trinajstić information content (AvgIpc) is 2.65. The van der Waals surface area contributed by atoms with Gasteiger partial charge in [-0.05, 0) is 31.6 Å². The van der Waals surface area contributed by atoms with E-state index in [-0.39, 0.29) is 23.6 Å². The van der Waals surface area contributed by atoms with Gasteiger partial charge >= 0.3 is 11.7 Å². The van der Waals surface area contributed by atoms with E-state index in [1.165, 1.54) is 11.6 Å². The molecule has 114 valence electrons. The first kappa shape index (κ1) is 15.2. The lowest BCUT2D eigenvalue weighted by Gasteiger charge is -2.10. The molecule has 0 saturated carbocycles. The second-order valence-electron chi connectivity index (χ2n) is 5.37. The van der Waals surface area contributed by atoms with Crippen LogP contribution >= 0.6 is 0 Å². The van der Waals surface area contributed by atoms with E-state index in [0.29, 0.717) is 24.2 Å². The fourth-order valence-corrected chi connectivity index (χ4v) is 2.60. The van der Waals surface area contributed by atoms with E-state index < -0.39 is 5.97 Å². The molecule has 1 unspecified atom stereocenters. The summed E-state index contributed by atoms with van der Waals surface area (Å²) < 4.78 is 2.48. The van der Waals surface area contributed by atoms with E-state index >= 15 is 0 Å². The van der Waals surface area contributed by atoms with Gasteiger partial charge in [0.15, 0.2) is 0 Å².